The fourth-order valence-electron chi connectivity index (χ4n) is 4.64. The number of carbonyl (C=O) groups excluding carboxylic acids is 6. The summed E-state index contributed by atoms with van der Waals surface area (Å²) in [4.78, 5) is 73.0. The average Bonchev–Trinajstić information content (AvgIpc) is 2.98. The van der Waals surface area contributed by atoms with Crippen LogP contribution in [0.15, 0.2) is 36.6 Å². The van der Waals surface area contributed by atoms with Crippen LogP contribution in [0.4, 0.5) is 0 Å². The van der Waals surface area contributed by atoms with E-state index in [1.54, 1.807) is 12.1 Å². The predicted octanol–water partition coefficient (Wildman–Crippen LogP) is 1.16. The van der Waals surface area contributed by atoms with E-state index in [-0.39, 0.29) is 12.2 Å². The summed E-state index contributed by atoms with van der Waals surface area (Å²) in [5.74, 6) is -4.11. The molecule has 2 aliphatic rings. The Hall–Kier alpha value is -4.70. The van der Waals surface area contributed by atoms with E-state index in [1.165, 1.54) is 38.5 Å². The van der Waals surface area contributed by atoms with Crippen LogP contribution in [0.2, 0.25) is 0 Å². The van der Waals surface area contributed by atoms with Crippen LogP contribution in [-0.2, 0) is 66.6 Å². The van der Waals surface area contributed by atoms with Gasteiger partial charge in [-0.2, -0.15) is 0 Å². The van der Waals surface area contributed by atoms with Crippen molar-refractivity contribution in [3.63, 3.8) is 0 Å². The molecular weight excluding hydrogens is 616 g/mol. The minimum absolute atomic E-state index is 0.159. The molecule has 252 valence electrons. The second kappa shape index (κ2) is 16.6. The summed E-state index contributed by atoms with van der Waals surface area (Å²) in [5.41, 5.74) is 0.159. The molecule has 16 heteroatoms. The van der Waals surface area contributed by atoms with Gasteiger partial charge in [0.15, 0.2) is 36.8 Å². The minimum Gasteiger partial charge on any atom is -0.497 e. The monoisotopic (exact) mass is 652 g/mol. The molecule has 8 atom stereocenters. The summed E-state index contributed by atoms with van der Waals surface area (Å²) in [6, 6.07) is 6.02. The van der Waals surface area contributed by atoms with Gasteiger partial charge in [0.1, 0.15) is 31.2 Å². The van der Waals surface area contributed by atoms with Crippen molar-refractivity contribution in [3.8, 4) is 5.75 Å². The van der Waals surface area contributed by atoms with Crippen LogP contribution >= 0.6 is 0 Å². The Kier molecular flexibility index (Phi) is 12.9. The van der Waals surface area contributed by atoms with Gasteiger partial charge in [-0.15, -0.1) is 0 Å². The molecule has 46 heavy (non-hydrogen) atoms. The summed E-state index contributed by atoms with van der Waals surface area (Å²) < 4.78 is 55.2. The van der Waals surface area contributed by atoms with Crippen LogP contribution < -0.4 is 4.74 Å². The molecule has 0 saturated carbocycles. The van der Waals surface area contributed by atoms with Crippen LogP contribution in [0.3, 0.4) is 0 Å². The second-order valence-corrected chi connectivity index (χ2v) is 10.1. The van der Waals surface area contributed by atoms with Crippen LogP contribution in [0.5, 0.6) is 5.75 Å². The Morgan fingerprint density at radius 1 is 0.652 bits per heavy atom. The highest BCUT2D eigenvalue weighted by atomic mass is 16.7. The van der Waals surface area contributed by atoms with E-state index < -0.39 is 91.4 Å². The number of esters is 6. The zero-order valence-electron chi connectivity index (χ0n) is 26.0. The van der Waals surface area contributed by atoms with Gasteiger partial charge in [-0.05, 0) is 30.3 Å². The van der Waals surface area contributed by atoms with Gasteiger partial charge in [-0.3, -0.25) is 24.0 Å². The molecule has 2 heterocycles. The lowest BCUT2D eigenvalue weighted by molar-refractivity contribution is -0.328. The summed E-state index contributed by atoms with van der Waals surface area (Å²) in [7, 11) is 1.47. The largest absolute Gasteiger partial charge is 0.497 e. The van der Waals surface area contributed by atoms with Crippen molar-refractivity contribution in [1.82, 2.24) is 0 Å². The fraction of sp³-hybridized carbons (Fsp3) is 0.533. The van der Waals surface area contributed by atoms with Crippen molar-refractivity contribution in [2.24, 2.45) is 0 Å². The maximum atomic E-state index is 12.9. The molecule has 16 nitrogen and oxygen atoms in total. The number of hydrogen-bond donors (Lipinski definition) is 0. The van der Waals surface area contributed by atoms with Gasteiger partial charge >= 0.3 is 35.8 Å². The number of carbonyl (C=O) groups is 6. The van der Waals surface area contributed by atoms with Crippen molar-refractivity contribution in [2.75, 3.05) is 20.3 Å². The summed E-state index contributed by atoms with van der Waals surface area (Å²) in [5, 5.41) is 0. The lowest BCUT2D eigenvalue weighted by atomic mass is 9.97. The van der Waals surface area contributed by atoms with E-state index in [0.717, 1.165) is 27.7 Å². The topological polar surface area (TPSA) is 195 Å². The van der Waals surface area contributed by atoms with Gasteiger partial charge in [0, 0.05) is 34.6 Å². The van der Waals surface area contributed by atoms with E-state index in [2.05, 4.69) is 0 Å². The summed E-state index contributed by atoms with van der Waals surface area (Å²) in [6.07, 6.45) is -8.39. The Morgan fingerprint density at radius 2 is 1.22 bits per heavy atom. The molecule has 1 aromatic rings. The third-order valence-electron chi connectivity index (χ3n) is 6.46. The quantitative estimate of drug-likeness (QED) is 0.230. The molecule has 0 amide bonds. The zero-order valence-corrected chi connectivity index (χ0v) is 26.0. The number of methoxy groups -OCH3 is 1. The molecule has 1 fully saturated rings. The third-order valence-corrected chi connectivity index (χ3v) is 6.46. The highest BCUT2D eigenvalue weighted by Gasteiger charge is 2.54. The second-order valence-electron chi connectivity index (χ2n) is 10.1. The van der Waals surface area contributed by atoms with Crippen molar-refractivity contribution in [1.29, 1.82) is 0 Å². The molecule has 0 spiro atoms. The lowest BCUT2D eigenvalue weighted by Gasteiger charge is -2.46. The smallest absolute Gasteiger partial charge is 0.338 e. The SMILES string of the molecule is COc1ccc(C(=O)OC[C@H]2O[C@H](O[C@H]3[C@H](OC(C)=O)C=CO[C@@H]3COC(C)=O)[C@H](OC(C)=O)[C@@H](OC(C)=O)[C@@H]2OC(C)=O)cc1. The van der Waals surface area contributed by atoms with E-state index >= 15 is 0 Å². The van der Waals surface area contributed by atoms with Gasteiger partial charge in [0.2, 0.25) is 0 Å². The first-order valence-electron chi connectivity index (χ1n) is 14.1. The molecule has 0 unspecified atom stereocenters. The molecule has 1 aromatic carbocycles. The first-order valence-corrected chi connectivity index (χ1v) is 14.1. The predicted molar refractivity (Wildman–Crippen MR) is 150 cm³/mol. The van der Waals surface area contributed by atoms with Gasteiger partial charge in [0.05, 0.1) is 18.9 Å². The van der Waals surface area contributed by atoms with Crippen molar-refractivity contribution in [2.45, 2.75) is 83.6 Å². The van der Waals surface area contributed by atoms with Crippen molar-refractivity contribution < 1.29 is 76.1 Å². The molecule has 0 radical (unpaired) electrons. The molecule has 1 saturated heterocycles. The normalized spacial score (nSPS) is 26.8. The Labute approximate surface area is 264 Å². The van der Waals surface area contributed by atoms with E-state index in [9.17, 15) is 28.8 Å². The number of hydrogen-bond acceptors (Lipinski definition) is 16. The number of benzene rings is 1. The van der Waals surface area contributed by atoms with E-state index in [0.29, 0.717) is 5.75 Å². The summed E-state index contributed by atoms with van der Waals surface area (Å²) >= 11 is 0. The first-order chi connectivity index (χ1) is 21.8. The van der Waals surface area contributed by atoms with E-state index in [1.807, 2.05) is 0 Å². The molecule has 0 bridgehead atoms. The number of rotatable bonds is 12. The fourth-order valence-corrected chi connectivity index (χ4v) is 4.64. The van der Waals surface area contributed by atoms with Crippen LogP contribution in [-0.4, -0.2) is 105 Å². The number of ether oxygens (including phenoxy) is 10. The molecule has 0 aliphatic carbocycles. The average molecular weight is 653 g/mol. The Bertz CT molecular complexity index is 1290. The lowest BCUT2D eigenvalue weighted by Crippen LogP contribution is -2.64. The molecule has 2 aliphatic heterocycles. The Balaban J connectivity index is 1.99. The highest BCUT2D eigenvalue weighted by Crippen LogP contribution is 2.33. The van der Waals surface area contributed by atoms with Gasteiger partial charge in [0.25, 0.3) is 0 Å². The summed E-state index contributed by atoms with van der Waals surface area (Å²) in [6.45, 7) is 4.67. The maximum absolute atomic E-state index is 12.9. The van der Waals surface area contributed by atoms with Gasteiger partial charge < -0.3 is 47.4 Å². The standard InChI is InChI=1S/C30H36O16/c1-15(31)39-13-23-25(22(11-12-38-23)41-16(2)32)46-30-28(44-19(5)35)27(43-18(4)34)26(42-17(3)33)24(45-30)14-40-29(36)20-7-9-21(37-6)10-8-20/h7-12,22-28,30H,13-14H2,1-6H3/t22-,23-,24-,25+,26-,27+,28-,30-/m1/s1. The van der Waals surface area contributed by atoms with Gasteiger partial charge in [-0.25, -0.2) is 4.79 Å². The van der Waals surface area contributed by atoms with Crippen molar-refractivity contribution in [3.05, 3.63) is 42.2 Å². The van der Waals surface area contributed by atoms with Crippen LogP contribution in [0.1, 0.15) is 45.0 Å². The molecule has 0 aromatic heterocycles. The van der Waals surface area contributed by atoms with Crippen LogP contribution in [0, 0.1) is 0 Å². The minimum atomic E-state index is -1.64. The molecule has 0 N–H and O–H groups in total. The maximum Gasteiger partial charge on any atom is 0.338 e. The van der Waals surface area contributed by atoms with E-state index in [4.69, 9.17) is 47.4 Å². The highest BCUT2D eigenvalue weighted by molar-refractivity contribution is 5.89. The van der Waals surface area contributed by atoms with Gasteiger partial charge in [-0.1, -0.05) is 0 Å². The molecular formula is C30H36O16. The zero-order chi connectivity index (χ0) is 34.0. The third kappa shape index (κ3) is 10.2. The Morgan fingerprint density at radius 3 is 1.78 bits per heavy atom. The van der Waals surface area contributed by atoms with Crippen LogP contribution in [0.25, 0.3) is 0 Å². The first kappa shape index (κ1) is 35.8. The van der Waals surface area contributed by atoms with Crippen molar-refractivity contribution >= 4 is 35.8 Å². The molecule has 3 rings (SSSR count).